The van der Waals surface area contributed by atoms with Crippen LogP contribution in [0.25, 0.3) is 0 Å². The standard InChI is InChI=1S/C9H13BrN2S/c1-9(2,3)13-8-6(10)4-12-5-7(8)11/h4-5H,11H2,1-3H3. The molecule has 0 aliphatic rings. The number of anilines is 1. The Morgan fingerprint density at radius 3 is 2.46 bits per heavy atom. The van der Waals surface area contributed by atoms with Gasteiger partial charge in [-0.3, -0.25) is 4.98 Å². The molecule has 0 atom stereocenters. The summed E-state index contributed by atoms with van der Waals surface area (Å²) in [6.07, 6.45) is 3.45. The molecular formula is C9H13BrN2S. The fourth-order valence-corrected chi connectivity index (χ4v) is 2.38. The van der Waals surface area contributed by atoms with Crippen LogP contribution in [-0.2, 0) is 0 Å². The minimum atomic E-state index is 0.165. The first-order valence-corrected chi connectivity index (χ1v) is 5.59. The summed E-state index contributed by atoms with van der Waals surface area (Å²) in [6, 6.07) is 0. The smallest absolute Gasteiger partial charge is 0.0650 e. The SMILES string of the molecule is CC(C)(C)Sc1c(N)cncc1Br. The van der Waals surface area contributed by atoms with Crippen LogP contribution in [0.4, 0.5) is 5.69 Å². The minimum absolute atomic E-state index is 0.165. The molecule has 1 heterocycles. The van der Waals surface area contributed by atoms with Gasteiger partial charge in [0.1, 0.15) is 0 Å². The van der Waals surface area contributed by atoms with Gasteiger partial charge in [-0.2, -0.15) is 0 Å². The Labute approximate surface area is 91.4 Å². The van der Waals surface area contributed by atoms with E-state index in [1.807, 2.05) is 0 Å². The van der Waals surface area contributed by atoms with Gasteiger partial charge in [0.15, 0.2) is 0 Å². The average molecular weight is 261 g/mol. The second-order valence-corrected chi connectivity index (χ2v) is 6.45. The zero-order chi connectivity index (χ0) is 10.1. The van der Waals surface area contributed by atoms with Crippen LogP contribution in [0.2, 0.25) is 0 Å². The second-order valence-electron chi connectivity index (χ2n) is 3.75. The Morgan fingerprint density at radius 2 is 2.00 bits per heavy atom. The topological polar surface area (TPSA) is 38.9 Å². The van der Waals surface area contributed by atoms with E-state index in [2.05, 4.69) is 41.7 Å². The summed E-state index contributed by atoms with van der Waals surface area (Å²) in [7, 11) is 0. The molecule has 2 nitrogen and oxygen atoms in total. The van der Waals surface area contributed by atoms with Crippen LogP contribution in [0.3, 0.4) is 0 Å². The predicted molar refractivity (Wildman–Crippen MR) is 62.0 cm³/mol. The number of pyridine rings is 1. The summed E-state index contributed by atoms with van der Waals surface area (Å²) in [4.78, 5) is 5.06. The van der Waals surface area contributed by atoms with Crippen LogP contribution >= 0.6 is 27.7 Å². The fraction of sp³-hybridized carbons (Fsp3) is 0.444. The zero-order valence-electron chi connectivity index (χ0n) is 7.97. The first-order chi connectivity index (χ1) is 5.90. The summed E-state index contributed by atoms with van der Waals surface area (Å²) in [6.45, 7) is 6.47. The summed E-state index contributed by atoms with van der Waals surface area (Å²) < 4.78 is 1.13. The number of rotatable bonds is 1. The van der Waals surface area contributed by atoms with Crippen molar-refractivity contribution >= 4 is 33.4 Å². The number of halogens is 1. The van der Waals surface area contributed by atoms with Gasteiger partial charge in [-0.1, -0.05) is 20.8 Å². The van der Waals surface area contributed by atoms with Crippen LogP contribution in [0.15, 0.2) is 21.8 Å². The summed E-state index contributed by atoms with van der Waals surface area (Å²) >= 11 is 5.18. The van der Waals surface area contributed by atoms with Gasteiger partial charge < -0.3 is 5.73 Å². The third-order valence-corrected chi connectivity index (χ3v) is 3.42. The van der Waals surface area contributed by atoms with Crippen LogP contribution in [0.5, 0.6) is 0 Å². The van der Waals surface area contributed by atoms with Crippen LogP contribution in [0.1, 0.15) is 20.8 Å². The Balaban J connectivity index is 3.00. The van der Waals surface area contributed by atoms with E-state index >= 15 is 0 Å². The minimum Gasteiger partial charge on any atom is -0.397 e. The number of hydrogen-bond donors (Lipinski definition) is 1. The van der Waals surface area contributed by atoms with Gasteiger partial charge in [0.2, 0.25) is 0 Å². The van der Waals surface area contributed by atoms with Gasteiger partial charge in [0.05, 0.1) is 16.4 Å². The van der Waals surface area contributed by atoms with E-state index in [9.17, 15) is 0 Å². The molecule has 13 heavy (non-hydrogen) atoms. The lowest BCUT2D eigenvalue weighted by molar-refractivity contribution is 0.802. The molecule has 1 aromatic rings. The van der Waals surface area contributed by atoms with Gasteiger partial charge in [-0.05, 0) is 15.9 Å². The van der Waals surface area contributed by atoms with E-state index in [0.29, 0.717) is 0 Å². The van der Waals surface area contributed by atoms with Crippen molar-refractivity contribution in [2.75, 3.05) is 5.73 Å². The monoisotopic (exact) mass is 260 g/mol. The van der Waals surface area contributed by atoms with Crippen molar-refractivity contribution in [3.05, 3.63) is 16.9 Å². The molecule has 0 radical (unpaired) electrons. The number of thioether (sulfide) groups is 1. The maximum Gasteiger partial charge on any atom is 0.0650 e. The largest absolute Gasteiger partial charge is 0.397 e. The third kappa shape index (κ3) is 3.19. The molecule has 0 aromatic carbocycles. The van der Waals surface area contributed by atoms with Gasteiger partial charge in [0, 0.05) is 15.8 Å². The van der Waals surface area contributed by atoms with Crippen molar-refractivity contribution in [1.29, 1.82) is 0 Å². The Morgan fingerprint density at radius 1 is 1.38 bits per heavy atom. The molecule has 1 aromatic heterocycles. The van der Waals surface area contributed by atoms with E-state index in [1.165, 1.54) is 0 Å². The molecule has 0 unspecified atom stereocenters. The molecule has 0 saturated carbocycles. The molecular weight excluding hydrogens is 248 g/mol. The van der Waals surface area contributed by atoms with E-state index in [4.69, 9.17) is 5.73 Å². The van der Waals surface area contributed by atoms with Gasteiger partial charge >= 0.3 is 0 Å². The highest BCUT2D eigenvalue weighted by Crippen LogP contribution is 2.39. The number of aromatic nitrogens is 1. The molecule has 0 saturated heterocycles. The number of nitrogens with zero attached hydrogens (tertiary/aromatic N) is 1. The zero-order valence-corrected chi connectivity index (χ0v) is 10.4. The highest BCUT2D eigenvalue weighted by molar-refractivity contribution is 9.10. The molecule has 0 fully saturated rings. The predicted octanol–water partition coefficient (Wildman–Crippen LogP) is 3.32. The second kappa shape index (κ2) is 3.88. The lowest BCUT2D eigenvalue weighted by atomic mass is 10.3. The van der Waals surface area contributed by atoms with Gasteiger partial charge in [-0.25, -0.2) is 0 Å². The average Bonchev–Trinajstić information content (AvgIpc) is 1.95. The Kier molecular flexibility index (Phi) is 3.24. The van der Waals surface area contributed by atoms with Crippen molar-refractivity contribution in [3.63, 3.8) is 0 Å². The molecule has 2 N–H and O–H groups in total. The maximum absolute atomic E-state index is 5.82. The molecule has 0 amide bonds. The molecule has 0 aliphatic carbocycles. The quantitative estimate of drug-likeness (QED) is 0.788. The summed E-state index contributed by atoms with van der Waals surface area (Å²) in [5, 5.41) is 0. The summed E-state index contributed by atoms with van der Waals surface area (Å²) in [5.41, 5.74) is 6.55. The number of nitrogens with two attached hydrogens (primary N) is 1. The van der Waals surface area contributed by atoms with Crippen molar-refractivity contribution in [2.45, 2.75) is 30.4 Å². The van der Waals surface area contributed by atoms with Crippen molar-refractivity contribution in [1.82, 2.24) is 4.98 Å². The molecule has 0 aliphatic heterocycles. The molecule has 0 spiro atoms. The highest BCUT2D eigenvalue weighted by atomic mass is 79.9. The van der Waals surface area contributed by atoms with E-state index in [1.54, 1.807) is 24.2 Å². The maximum atomic E-state index is 5.82. The van der Waals surface area contributed by atoms with Crippen molar-refractivity contribution < 1.29 is 0 Å². The molecule has 4 heteroatoms. The molecule has 1 rings (SSSR count). The Bertz CT molecular complexity index is 287. The molecule has 0 bridgehead atoms. The normalized spacial score (nSPS) is 11.7. The van der Waals surface area contributed by atoms with E-state index in [-0.39, 0.29) is 4.75 Å². The lowest BCUT2D eigenvalue weighted by Crippen LogP contribution is -2.08. The van der Waals surface area contributed by atoms with Crippen LogP contribution < -0.4 is 5.73 Å². The fourth-order valence-electron chi connectivity index (χ4n) is 0.852. The molecule has 72 valence electrons. The van der Waals surface area contributed by atoms with E-state index < -0.39 is 0 Å². The van der Waals surface area contributed by atoms with Crippen molar-refractivity contribution in [2.24, 2.45) is 0 Å². The first-order valence-electron chi connectivity index (χ1n) is 3.98. The van der Waals surface area contributed by atoms with Gasteiger partial charge in [-0.15, -0.1) is 11.8 Å². The van der Waals surface area contributed by atoms with Crippen LogP contribution in [0, 0.1) is 0 Å². The number of nitrogen functional groups attached to an aromatic ring is 1. The third-order valence-electron chi connectivity index (χ3n) is 1.29. The first kappa shape index (κ1) is 10.9. The lowest BCUT2D eigenvalue weighted by Gasteiger charge is -2.19. The van der Waals surface area contributed by atoms with E-state index in [0.717, 1.165) is 15.1 Å². The van der Waals surface area contributed by atoms with Gasteiger partial charge in [0.25, 0.3) is 0 Å². The van der Waals surface area contributed by atoms with Crippen LogP contribution in [-0.4, -0.2) is 9.73 Å². The van der Waals surface area contributed by atoms with Crippen molar-refractivity contribution in [3.8, 4) is 0 Å². The Hall–Kier alpha value is -0.220. The highest BCUT2D eigenvalue weighted by Gasteiger charge is 2.16. The summed E-state index contributed by atoms with van der Waals surface area (Å²) in [5.74, 6) is 0. The number of hydrogen-bond acceptors (Lipinski definition) is 3.